The van der Waals surface area contributed by atoms with Crippen molar-refractivity contribution in [2.75, 3.05) is 0 Å². The van der Waals surface area contributed by atoms with E-state index in [4.69, 9.17) is 14.8 Å². The van der Waals surface area contributed by atoms with E-state index in [-0.39, 0.29) is 26.5 Å². The molecule has 5 nitrogen and oxygen atoms in total. The summed E-state index contributed by atoms with van der Waals surface area (Å²) in [6.45, 7) is 22.5. The van der Waals surface area contributed by atoms with Crippen LogP contribution in [0.4, 0.5) is 0 Å². The monoisotopic (exact) mass is 881 g/mol. The third kappa shape index (κ3) is 7.64. The van der Waals surface area contributed by atoms with E-state index < -0.39 is 0 Å². The number of aromatic nitrogens is 4. The van der Waals surface area contributed by atoms with Crippen LogP contribution in [-0.2, 0) is 27.5 Å². The van der Waals surface area contributed by atoms with Gasteiger partial charge in [-0.2, -0.15) is 16.7 Å². The van der Waals surface area contributed by atoms with Crippen molar-refractivity contribution in [2.45, 2.75) is 81.6 Å². The molecule has 0 aliphatic heterocycles. The standard InChI is InChI=1S/C47H50N4O.Pt/c1-29(2)22-35-24-38(51-34(7)46(33(6)49-51)36-14-12-11-13-15-36)27-40(25-35)52-39-17-18-41-42-26-37(31(4)32(5)47(8,9)10)16-19-43(42)50(44(41)28-39)45-23-30(3)20-21-48-45;/h11-21,23-26,29,31-32H,22H2,1-10H3;/q-2;+2. The van der Waals surface area contributed by atoms with Crippen LogP contribution in [0.1, 0.15) is 82.5 Å². The van der Waals surface area contributed by atoms with E-state index in [1.165, 1.54) is 16.5 Å². The summed E-state index contributed by atoms with van der Waals surface area (Å²) in [5.74, 6) is 3.52. The molecule has 0 fully saturated rings. The molecule has 0 N–H and O–H groups in total. The van der Waals surface area contributed by atoms with Gasteiger partial charge in [-0.3, -0.25) is 4.68 Å². The largest absolute Gasteiger partial charge is 2.00 e. The SMILES string of the molecule is Cc1ccnc(-n2c3[c-]c(Oc4[c-]c(-n5nc(C)c(-c6ccccc6)c5C)cc(CC(C)C)c4)ccc3c3cc(C(C)C(C)C(C)(C)C)ccc32)c1.[Pt+2]. The second-order valence-electron chi connectivity index (χ2n) is 16.1. The van der Waals surface area contributed by atoms with Gasteiger partial charge in [-0.05, 0) is 96.3 Å². The smallest absolute Gasteiger partial charge is 0.509 e. The molecule has 0 radical (unpaired) electrons. The Kier molecular flexibility index (Phi) is 10.9. The van der Waals surface area contributed by atoms with Crippen LogP contribution in [0.3, 0.4) is 0 Å². The number of aryl methyl sites for hydroxylation is 2. The Hall–Kier alpha value is -4.47. The number of hydrogen-bond acceptors (Lipinski definition) is 3. The molecule has 2 unspecified atom stereocenters. The van der Waals surface area contributed by atoms with Gasteiger partial charge in [0.2, 0.25) is 0 Å². The summed E-state index contributed by atoms with van der Waals surface area (Å²) < 4.78 is 10.9. The first-order valence-electron chi connectivity index (χ1n) is 18.6. The van der Waals surface area contributed by atoms with Gasteiger partial charge < -0.3 is 9.30 Å². The van der Waals surface area contributed by atoms with Gasteiger partial charge in [-0.25, -0.2) is 4.98 Å². The predicted molar refractivity (Wildman–Crippen MR) is 215 cm³/mol. The average Bonchev–Trinajstić information content (AvgIpc) is 3.59. The van der Waals surface area contributed by atoms with E-state index in [0.29, 0.717) is 29.3 Å². The second kappa shape index (κ2) is 15.1. The molecule has 6 heteroatoms. The molecule has 0 saturated heterocycles. The zero-order chi connectivity index (χ0) is 36.9. The van der Waals surface area contributed by atoms with Crippen LogP contribution in [0, 0.1) is 50.2 Å². The third-order valence-electron chi connectivity index (χ3n) is 10.8. The van der Waals surface area contributed by atoms with Gasteiger partial charge in [0.05, 0.1) is 5.69 Å². The topological polar surface area (TPSA) is 44.9 Å². The Bertz CT molecular complexity index is 2400. The minimum absolute atomic E-state index is 0. The Balaban J connectivity index is 0.00000481. The van der Waals surface area contributed by atoms with Crippen molar-refractivity contribution in [3.8, 4) is 34.1 Å². The number of fused-ring (bicyclic) bond motifs is 3. The summed E-state index contributed by atoms with van der Waals surface area (Å²) in [6.07, 6.45) is 2.79. The van der Waals surface area contributed by atoms with E-state index in [0.717, 1.165) is 62.4 Å². The molecule has 0 aliphatic rings. The molecule has 0 saturated carbocycles. The fourth-order valence-electron chi connectivity index (χ4n) is 7.56. The number of benzene rings is 4. The van der Waals surface area contributed by atoms with Gasteiger partial charge in [-0.15, -0.1) is 35.7 Å². The summed E-state index contributed by atoms with van der Waals surface area (Å²) in [5.41, 5.74) is 11.1. The number of rotatable bonds is 9. The third-order valence-corrected chi connectivity index (χ3v) is 10.8. The van der Waals surface area contributed by atoms with Gasteiger partial charge >= 0.3 is 21.1 Å². The molecule has 53 heavy (non-hydrogen) atoms. The minimum Gasteiger partial charge on any atom is -0.509 e. The van der Waals surface area contributed by atoms with Crippen LogP contribution in [0.2, 0.25) is 0 Å². The molecule has 274 valence electrons. The zero-order valence-corrected chi connectivity index (χ0v) is 34.9. The first-order valence-corrected chi connectivity index (χ1v) is 18.6. The summed E-state index contributed by atoms with van der Waals surface area (Å²) in [7, 11) is 0. The Labute approximate surface area is 329 Å². The van der Waals surface area contributed by atoms with E-state index in [1.807, 2.05) is 29.1 Å². The molecule has 0 amide bonds. The molecule has 0 bridgehead atoms. The maximum Gasteiger partial charge on any atom is 2.00 e. The number of pyridine rings is 1. The summed E-state index contributed by atoms with van der Waals surface area (Å²) >= 11 is 0. The predicted octanol–water partition coefficient (Wildman–Crippen LogP) is 12.3. The van der Waals surface area contributed by atoms with Gasteiger partial charge in [0.1, 0.15) is 5.82 Å². The van der Waals surface area contributed by atoms with Crippen molar-refractivity contribution in [2.24, 2.45) is 17.3 Å². The van der Waals surface area contributed by atoms with Gasteiger partial charge in [0.25, 0.3) is 0 Å². The van der Waals surface area contributed by atoms with Crippen molar-refractivity contribution in [1.29, 1.82) is 0 Å². The maximum atomic E-state index is 6.69. The summed E-state index contributed by atoms with van der Waals surface area (Å²) in [4.78, 5) is 4.82. The quantitative estimate of drug-likeness (QED) is 0.136. The van der Waals surface area contributed by atoms with Crippen LogP contribution in [0.25, 0.3) is 44.4 Å². The second-order valence-corrected chi connectivity index (χ2v) is 16.1. The first-order chi connectivity index (χ1) is 24.8. The summed E-state index contributed by atoms with van der Waals surface area (Å²) in [6, 6.07) is 37.3. The average molecular weight is 882 g/mol. The van der Waals surface area contributed by atoms with Gasteiger partial charge in [0.15, 0.2) is 0 Å². The van der Waals surface area contributed by atoms with E-state index in [9.17, 15) is 0 Å². The fraction of sp³-hybridized carbons (Fsp3) is 0.319. The van der Waals surface area contributed by atoms with Crippen LogP contribution >= 0.6 is 0 Å². The summed E-state index contributed by atoms with van der Waals surface area (Å²) in [5, 5.41) is 7.31. The molecule has 0 spiro atoms. The maximum absolute atomic E-state index is 6.69. The molecule has 3 aromatic heterocycles. The molecular weight excluding hydrogens is 832 g/mol. The molecule has 7 rings (SSSR count). The van der Waals surface area contributed by atoms with Crippen molar-refractivity contribution in [3.63, 3.8) is 0 Å². The number of ether oxygens (including phenoxy) is 1. The minimum atomic E-state index is 0. The molecule has 7 aromatic rings. The normalized spacial score (nSPS) is 13.0. The van der Waals surface area contributed by atoms with Crippen molar-refractivity contribution >= 4 is 21.8 Å². The van der Waals surface area contributed by atoms with Gasteiger partial charge in [0, 0.05) is 34.5 Å². The van der Waals surface area contributed by atoms with Crippen molar-refractivity contribution in [1.82, 2.24) is 19.3 Å². The molecule has 3 heterocycles. The number of hydrogen-bond donors (Lipinski definition) is 0. The molecular formula is C47H50N4OPt. The first kappa shape index (κ1) is 38.3. The van der Waals surface area contributed by atoms with Crippen LogP contribution in [0.15, 0.2) is 91.1 Å². The zero-order valence-electron chi connectivity index (χ0n) is 32.6. The number of nitrogens with zero attached hydrogens (tertiary/aromatic N) is 4. The van der Waals surface area contributed by atoms with E-state index in [1.54, 1.807) is 0 Å². The van der Waals surface area contributed by atoms with E-state index in [2.05, 4.69) is 153 Å². The van der Waals surface area contributed by atoms with E-state index >= 15 is 0 Å². The molecule has 2 atom stereocenters. The molecule has 4 aromatic carbocycles. The van der Waals surface area contributed by atoms with Gasteiger partial charge in [-0.1, -0.05) is 96.4 Å². The fourth-order valence-corrected chi connectivity index (χ4v) is 7.56. The van der Waals surface area contributed by atoms with Crippen molar-refractivity contribution < 1.29 is 25.8 Å². The Morgan fingerprint density at radius 3 is 2.25 bits per heavy atom. The molecule has 0 aliphatic carbocycles. The Morgan fingerprint density at radius 2 is 1.55 bits per heavy atom. The van der Waals surface area contributed by atoms with Crippen molar-refractivity contribution in [3.05, 3.63) is 131 Å². The Morgan fingerprint density at radius 1 is 0.792 bits per heavy atom. The van der Waals surface area contributed by atoms with Crippen LogP contribution in [-0.4, -0.2) is 19.3 Å². The van der Waals surface area contributed by atoms with Crippen LogP contribution < -0.4 is 4.74 Å². The van der Waals surface area contributed by atoms with Crippen LogP contribution in [0.5, 0.6) is 11.5 Å².